The topological polar surface area (TPSA) is 106 Å². The number of aryl methyl sites for hydroxylation is 2. The van der Waals surface area contributed by atoms with Gasteiger partial charge in [0.05, 0.1) is 12.8 Å². The van der Waals surface area contributed by atoms with Crippen LogP contribution < -0.4 is 8.92 Å². The molecule has 0 fully saturated rings. The Bertz CT molecular complexity index is 1360. The van der Waals surface area contributed by atoms with Crippen molar-refractivity contribution in [1.29, 1.82) is 0 Å². The molecule has 0 aliphatic heterocycles. The number of rotatable bonds is 12. The van der Waals surface area contributed by atoms with Crippen LogP contribution in [0.25, 0.3) is 0 Å². The van der Waals surface area contributed by atoms with Gasteiger partial charge in [0, 0.05) is 13.1 Å². The maximum Gasteiger partial charge on any atom is 0.534 e. The van der Waals surface area contributed by atoms with Gasteiger partial charge in [0.15, 0.2) is 5.60 Å². The number of halogens is 3. The molecule has 8 nitrogen and oxygen atoms in total. The van der Waals surface area contributed by atoms with E-state index in [0.717, 1.165) is 28.0 Å². The number of nitrogens with zero attached hydrogens (tertiary/aromatic N) is 1. The van der Waals surface area contributed by atoms with E-state index < -0.39 is 32.9 Å². The van der Waals surface area contributed by atoms with Crippen LogP contribution in [0.2, 0.25) is 0 Å². The summed E-state index contributed by atoms with van der Waals surface area (Å²) in [4.78, 5) is 13.6. The van der Waals surface area contributed by atoms with Gasteiger partial charge in [-0.2, -0.15) is 21.6 Å². The fourth-order valence-electron chi connectivity index (χ4n) is 3.86. The van der Waals surface area contributed by atoms with Crippen molar-refractivity contribution in [2.75, 3.05) is 6.54 Å². The van der Waals surface area contributed by atoms with Crippen molar-refractivity contribution in [2.24, 2.45) is 0 Å². The fourth-order valence-corrected chi connectivity index (χ4v) is 4.32. The first kappa shape index (κ1) is 30.0. The Balaban J connectivity index is 1.73. The summed E-state index contributed by atoms with van der Waals surface area (Å²) >= 11 is 0. The van der Waals surface area contributed by atoms with Gasteiger partial charge in [0.2, 0.25) is 0 Å². The molecule has 0 saturated heterocycles. The van der Waals surface area contributed by atoms with Crippen molar-refractivity contribution in [2.45, 2.75) is 58.3 Å². The quantitative estimate of drug-likeness (QED) is 0.222. The molecule has 3 rings (SSSR count). The molecule has 39 heavy (non-hydrogen) atoms. The zero-order valence-electron chi connectivity index (χ0n) is 21.9. The van der Waals surface area contributed by atoms with Crippen LogP contribution >= 0.6 is 0 Å². The lowest BCUT2D eigenvalue weighted by atomic mass is 10.0. The SMILES string of the molecule is Cc1cc(CN(CCc2ccc(OS(=O)(=O)C(F)(F)F)cc2)Cc2ccco2)cc(C)c1OC(C)(C)C(=O)O. The smallest absolute Gasteiger partial charge is 0.478 e. The standard InChI is InChI=1S/C27H30F3NO7S/c1-18-14-21(15-19(2)24(18)37-26(3,4)25(32)33)16-31(17-23-6-5-13-36-23)12-11-20-7-9-22(10-8-20)38-39(34,35)27(28,29)30/h5-10,13-15H,11-12,16-17H2,1-4H3,(H,32,33). The number of furan rings is 1. The predicted molar refractivity (Wildman–Crippen MR) is 137 cm³/mol. The third-order valence-electron chi connectivity index (χ3n) is 5.89. The third kappa shape index (κ3) is 7.99. The van der Waals surface area contributed by atoms with Crippen LogP contribution in [0.5, 0.6) is 11.5 Å². The van der Waals surface area contributed by atoms with Gasteiger partial charge in [-0.3, -0.25) is 4.90 Å². The first-order chi connectivity index (χ1) is 18.1. The summed E-state index contributed by atoms with van der Waals surface area (Å²) in [6.07, 6.45) is 2.09. The second kappa shape index (κ2) is 11.7. The van der Waals surface area contributed by atoms with E-state index in [1.54, 1.807) is 12.3 Å². The van der Waals surface area contributed by atoms with Gasteiger partial charge < -0.3 is 18.4 Å². The highest BCUT2D eigenvalue weighted by Crippen LogP contribution is 2.30. The fraction of sp³-hybridized carbons (Fsp3) is 0.370. The lowest BCUT2D eigenvalue weighted by Crippen LogP contribution is -2.38. The highest BCUT2D eigenvalue weighted by molar-refractivity contribution is 7.88. The zero-order chi connectivity index (χ0) is 29.0. The Morgan fingerprint density at radius 2 is 1.62 bits per heavy atom. The second-order valence-electron chi connectivity index (χ2n) is 9.64. The highest BCUT2D eigenvalue weighted by Gasteiger charge is 2.48. The number of carbonyl (C=O) groups is 1. The summed E-state index contributed by atoms with van der Waals surface area (Å²) < 4.78 is 75.6. The van der Waals surface area contributed by atoms with Gasteiger partial charge in [-0.05, 0) is 80.6 Å². The van der Waals surface area contributed by atoms with Crippen molar-refractivity contribution in [3.8, 4) is 11.5 Å². The largest absolute Gasteiger partial charge is 0.534 e. The highest BCUT2D eigenvalue weighted by atomic mass is 32.2. The Hall–Kier alpha value is -3.51. The van der Waals surface area contributed by atoms with Crippen LogP contribution in [-0.2, 0) is 34.4 Å². The van der Waals surface area contributed by atoms with E-state index in [-0.39, 0.29) is 0 Å². The second-order valence-corrected chi connectivity index (χ2v) is 11.2. The molecule has 1 N–H and O–H groups in total. The maximum absolute atomic E-state index is 12.6. The molecule has 1 aromatic heterocycles. The molecule has 2 aromatic carbocycles. The Kier molecular flexibility index (Phi) is 9.01. The Labute approximate surface area is 225 Å². The summed E-state index contributed by atoms with van der Waals surface area (Å²) in [6.45, 7) is 8.23. The number of alkyl halides is 3. The van der Waals surface area contributed by atoms with Gasteiger partial charge in [0.25, 0.3) is 0 Å². The molecule has 0 unspecified atom stereocenters. The molecule has 0 radical (unpaired) electrons. The number of hydrogen-bond acceptors (Lipinski definition) is 7. The van der Waals surface area contributed by atoms with Gasteiger partial charge in [-0.1, -0.05) is 24.3 Å². The first-order valence-electron chi connectivity index (χ1n) is 11.9. The number of ether oxygens (including phenoxy) is 1. The normalized spacial score (nSPS) is 12.5. The van der Waals surface area contributed by atoms with Crippen LogP contribution in [0.4, 0.5) is 13.2 Å². The average molecular weight is 570 g/mol. The lowest BCUT2D eigenvalue weighted by Gasteiger charge is -2.26. The predicted octanol–water partition coefficient (Wildman–Crippen LogP) is 5.61. The monoisotopic (exact) mass is 569 g/mol. The van der Waals surface area contributed by atoms with Gasteiger partial charge in [-0.15, -0.1) is 0 Å². The third-order valence-corrected chi connectivity index (χ3v) is 6.87. The number of aliphatic carboxylic acids is 1. The molecule has 0 aliphatic carbocycles. The maximum atomic E-state index is 12.6. The summed E-state index contributed by atoms with van der Waals surface area (Å²) in [7, 11) is -5.73. The molecule has 212 valence electrons. The van der Waals surface area contributed by atoms with Crippen molar-refractivity contribution in [1.82, 2.24) is 4.90 Å². The number of hydrogen-bond donors (Lipinski definition) is 1. The Morgan fingerprint density at radius 1 is 1.00 bits per heavy atom. The van der Waals surface area contributed by atoms with Crippen LogP contribution in [0, 0.1) is 13.8 Å². The molecule has 0 saturated carbocycles. The van der Waals surface area contributed by atoms with Crippen LogP contribution in [0.1, 0.15) is 41.9 Å². The zero-order valence-corrected chi connectivity index (χ0v) is 22.7. The average Bonchev–Trinajstić information content (AvgIpc) is 3.33. The number of benzene rings is 2. The first-order valence-corrected chi connectivity index (χ1v) is 13.4. The van der Waals surface area contributed by atoms with E-state index in [1.165, 1.54) is 38.1 Å². The molecule has 0 amide bonds. The van der Waals surface area contributed by atoms with E-state index in [9.17, 15) is 31.5 Å². The molecule has 0 aliphatic rings. The minimum atomic E-state index is -5.73. The van der Waals surface area contributed by atoms with Crippen molar-refractivity contribution in [3.05, 3.63) is 82.8 Å². The van der Waals surface area contributed by atoms with E-state index in [2.05, 4.69) is 9.08 Å². The van der Waals surface area contributed by atoms with E-state index in [1.807, 2.05) is 32.0 Å². The van der Waals surface area contributed by atoms with Gasteiger partial charge >= 0.3 is 21.6 Å². The molecule has 3 aromatic rings. The van der Waals surface area contributed by atoms with E-state index >= 15 is 0 Å². The van der Waals surface area contributed by atoms with Crippen molar-refractivity contribution < 1.29 is 44.8 Å². The molecular formula is C27H30F3NO7S. The summed E-state index contributed by atoms with van der Waals surface area (Å²) in [5.41, 5.74) is -3.57. The molecular weight excluding hydrogens is 539 g/mol. The molecule has 1 heterocycles. The van der Waals surface area contributed by atoms with Crippen molar-refractivity contribution in [3.63, 3.8) is 0 Å². The lowest BCUT2D eigenvalue weighted by molar-refractivity contribution is -0.152. The van der Waals surface area contributed by atoms with Crippen LogP contribution in [-0.4, -0.2) is 42.0 Å². The van der Waals surface area contributed by atoms with E-state index in [0.29, 0.717) is 31.8 Å². The number of carboxylic acids is 1. The van der Waals surface area contributed by atoms with Crippen LogP contribution in [0.3, 0.4) is 0 Å². The summed E-state index contributed by atoms with van der Waals surface area (Å²) in [5, 5.41) is 9.41. The Morgan fingerprint density at radius 3 is 2.13 bits per heavy atom. The van der Waals surface area contributed by atoms with Gasteiger partial charge in [0.1, 0.15) is 17.3 Å². The minimum absolute atomic E-state index is 0.428. The van der Waals surface area contributed by atoms with E-state index in [4.69, 9.17) is 9.15 Å². The van der Waals surface area contributed by atoms with Crippen LogP contribution in [0.15, 0.2) is 59.2 Å². The summed E-state index contributed by atoms with van der Waals surface area (Å²) in [5.74, 6) is -0.245. The molecule has 12 heteroatoms. The van der Waals surface area contributed by atoms with Gasteiger partial charge in [-0.25, -0.2) is 4.79 Å². The molecule has 0 spiro atoms. The molecule has 0 bridgehead atoms. The summed E-state index contributed by atoms with van der Waals surface area (Å²) in [6, 6.07) is 12.9. The molecule has 0 atom stereocenters. The van der Waals surface area contributed by atoms with Crippen molar-refractivity contribution >= 4 is 16.1 Å². The number of carboxylic acid groups (broad SMARTS) is 1. The minimum Gasteiger partial charge on any atom is -0.478 e.